The van der Waals surface area contributed by atoms with E-state index in [1.165, 1.54) is 0 Å². The van der Waals surface area contributed by atoms with Gasteiger partial charge in [0, 0.05) is 18.8 Å². The van der Waals surface area contributed by atoms with Gasteiger partial charge in [-0.15, -0.1) is 0 Å². The van der Waals surface area contributed by atoms with Crippen molar-refractivity contribution in [3.63, 3.8) is 0 Å². The van der Waals surface area contributed by atoms with Crippen molar-refractivity contribution in [2.45, 2.75) is 26.9 Å². The van der Waals surface area contributed by atoms with Crippen LogP contribution in [0.3, 0.4) is 0 Å². The fourth-order valence-corrected chi connectivity index (χ4v) is 1.87. The second-order valence-electron chi connectivity index (χ2n) is 4.51. The third-order valence-corrected chi connectivity index (χ3v) is 2.89. The monoisotopic (exact) mass is 257 g/mol. The van der Waals surface area contributed by atoms with Gasteiger partial charge in [-0.2, -0.15) is 0 Å². The van der Waals surface area contributed by atoms with E-state index in [1.807, 2.05) is 25.1 Å². The highest BCUT2D eigenvalue weighted by Crippen LogP contribution is 2.07. The molecule has 0 saturated heterocycles. The Balaban J connectivity index is 2.02. The summed E-state index contributed by atoms with van der Waals surface area (Å²) in [5.74, 6) is 0.451. The normalized spacial score (nSPS) is 10.9. The summed E-state index contributed by atoms with van der Waals surface area (Å²) in [6.07, 6.45) is 3.32. The van der Waals surface area contributed by atoms with E-state index in [0.29, 0.717) is 5.82 Å². The summed E-state index contributed by atoms with van der Waals surface area (Å²) < 4.78 is 0. The SMILES string of the molecule is CCN(Cc1cnc(N)cn1)Cc1cccc(C)n1. The number of anilines is 1. The van der Waals surface area contributed by atoms with E-state index in [2.05, 4.69) is 26.8 Å². The Hall–Kier alpha value is -2.01. The van der Waals surface area contributed by atoms with Crippen LogP contribution in [-0.2, 0) is 13.1 Å². The maximum Gasteiger partial charge on any atom is 0.141 e. The Morgan fingerprint density at radius 1 is 1.11 bits per heavy atom. The molecule has 0 bridgehead atoms. The molecule has 0 aliphatic heterocycles. The lowest BCUT2D eigenvalue weighted by atomic mass is 10.3. The van der Waals surface area contributed by atoms with Gasteiger partial charge in [-0.1, -0.05) is 13.0 Å². The zero-order chi connectivity index (χ0) is 13.7. The molecule has 0 saturated carbocycles. The molecule has 2 heterocycles. The highest BCUT2D eigenvalue weighted by atomic mass is 15.1. The zero-order valence-corrected chi connectivity index (χ0v) is 11.4. The lowest BCUT2D eigenvalue weighted by Gasteiger charge is -2.19. The molecule has 19 heavy (non-hydrogen) atoms. The Kier molecular flexibility index (Phi) is 4.41. The van der Waals surface area contributed by atoms with Crippen LogP contribution in [0.4, 0.5) is 5.82 Å². The van der Waals surface area contributed by atoms with Crippen molar-refractivity contribution in [2.24, 2.45) is 0 Å². The molecule has 0 spiro atoms. The molecule has 0 aliphatic carbocycles. The van der Waals surface area contributed by atoms with Crippen LogP contribution in [0.1, 0.15) is 24.0 Å². The third-order valence-electron chi connectivity index (χ3n) is 2.89. The summed E-state index contributed by atoms with van der Waals surface area (Å²) in [7, 11) is 0. The summed E-state index contributed by atoms with van der Waals surface area (Å²) in [5.41, 5.74) is 8.57. The van der Waals surface area contributed by atoms with Crippen molar-refractivity contribution in [1.82, 2.24) is 19.9 Å². The first-order chi connectivity index (χ1) is 9.17. The van der Waals surface area contributed by atoms with Gasteiger partial charge >= 0.3 is 0 Å². The average molecular weight is 257 g/mol. The summed E-state index contributed by atoms with van der Waals surface area (Å²) in [6, 6.07) is 6.09. The van der Waals surface area contributed by atoms with Crippen molar-refractivity contribution < 1.29 is 0 Å². The van der Waals surface area contributed by atoms with Crippen molar-refractivity contribution in [1.29, 1.82) is 0 Å². The van der Waals surface area contributed by atoms with Crippen LogP contribution in [0.2, 0.25) is 0 Å². The van der Waals surface area contributed by atoms with Crippen molar-refractivity contribution >= 4 is 5.82 Å². The number of aryl methyl sites for hydroxylation is 1. The standard InChI is InChI=1S/C14H19N5/c1-3-19(9-12-6-4-5-11(2)18-12)10-13-7-17-14(15)8-16-13/h4-8H,3,9-10H2,1-2H3,(H2,15,17). The smallest absolute Gasteiger partial charge is 0.141 e. The minimum Gasteiger partial charge on any atom is -0.382 e. The van der Waals surface area contributed by atoms with E-state index < -0.39 is 0 Å². The van der Waals surface area contributed by atoms with Crippen molar-refractivity contribution in [3.05, 3.63) is 47.7 Å². The highest BCUT2D eigenvalue weighted by molar-refractivity contribution is 5.22. The lowest BCUT2D eigenvalue weighted by molar-refractivity contribution is 0.264. The fourth-order valence-electron chi connectivity index (χ4n) is 1.87. The van der Waals surface area contributed by atoms with Gasteiger partial charge in [0.1, 0.15) is 5.82 Å². The molecule has 0 aromatic carbocycles. The molecule has 0 fully saturated rings. The maximum atomic E-state index is 5.53. The van der Waals surface area contributed by atoms with E-state index in [1.54, 1.807) is 12.4 Å². The average Bonchev–Trinajstić information content (AvgIpc) is 2.40. The van der Waals surface area contributed by atoms with Gasteiger partial charge < -0.3 is 5.73 Å². The largest absolute Gasteiger partial charge is 0.382 e. The van der Waals surface area contributed by atoms with E-state index >= 15 is 0 Å². The van der Waals surface area contributed by atoms with E-state index in [0.717, 1.165) is 36.7 Å². The molecule has 100 valence electrons. The van der Waals surface area contributed by atoms with Crippen LogP contribution >= 0.6 is 0 Å². The Morgan fingerprint density at radius 2 is 1.89 bits per heavy atom. The number of hydrogen-bond donors (Lipinski definition) is 1. The van der Waals surface area contributed by atoms with Crippen molar-refractivity contribution in [3.8, 4) is 0 Å². The van der Waals surface area contributed by atoms with Gasteiger partial charge in [0.25, 0.3) is 0 Å². The molecule has 2 rings (SSSR count). The van der Waals surface area contributed by atoms with Crippen LogP contribution in [0, 0.1) is 6.92 Å². The number of aromatic nitrogens is 3. The molecular formula is C14H19N5. The maximum absolute atomic E-state index is 5.53. The summed E-state index contributed by atoms with van der Waals surface area (Å²) in [5, 5.41) is 0. The molecule has 2 aromatic heterocycles. The van der Waals surface area contributed by atoms with Crippen LogP contribution in [0.25, 0.3) is 0 Å². The molecule has 0 atom stereocenters. The van der Waals surface area contributed by atoms with E-state index in [4.69, 9.17) is 5.73 Å². The van der Waals surface area contributed by atoms with Gasteiger partial charge in [-0.3, -0.25) is 14.9 Å². The predicted molar refractivity (Wildman–Crippen MR) is 75.2 cm³/mol. The van der Waals surface area contributed by atoms with Gasteiger partial charge in [0.15, 0.2) is 0 Å². The number of hydrogen-bond acceptors (Lipinski definition) is 5. The van der Waals surface area contributed by atoms with E-state index in [-0.39, 0.29) is 0 Å². The van der Waals surface area contributed by atoms with Crippen LogP contribution in [0.15, 0.2) is 30.6 Å². The first-order valence-electron chi connectivity index (χ1n) is 6.38. The number of nitrogens with zero attached hydrogens (tertiary/aromatic N) is 4. The molecule has 2 aromatic rings. The first-order valence-corrected chi connectivity index (χ1v) is 6.38. The van der Waals surface area contributed by atoms with Gasteiger partial charge in [-0.25, -0.2) is 4.98 Å². The molecule has 2 N–H and O–H groups in total. The molecule has 5 heteroatoms. The second kappa shape index (κ2) is 6.24. The zero-order valence-electron chi connectivity index (χ0n) is 11.4. The molecule has 0 unspecified atom stereocenters. The van der Waals surface area contributed by atoms with Crippen LogP contribution in [0.5, 0.6) is 0 Å². The number of nitrogens with two attached hydrogens (primary N) is 1. The number of nitrogen functional groups attached to an aromatic ring is 1. The molecular weight excluding hydrogens is 238 g/mol. The fraction of sp³-hybridized carbons (Fsp3) is 0.357. The van der Waals surface area contributed by atoms with Crippen LogP contribution in [-0.4, -0.2) is 26.4 Å². The highest BCUT2D eigenvalue weighted by Gasteiger charge is 2.07. The quantitative estimate of drug-likeness (QED) is 0.884. The number of rotatable bonds is 5. The van der Waals surface area contributed by atoms with Gasteiger partial charge in [-0.05, 0) is 25.6 Å². The minimum atomic E-state index is 0.451. The van der Waals surface area contributed by atoms with Crippen molar-refractivity contribution in [2.75, 3.05) is 12.3 Å². The Labute approximate surface area is 113 Å². The Bertz CT molecular complexity index is 524. The first kappa shape index (κ1) is 13.4. The third kappa shape index (κ3) is 3.99. The topological polar surface area (TPSA) is 67.9 Å². The number of pyridine rings is 1. The summed E-state index contributed by atoms with van der Waals surface area (Å²) in [6.45, 7) is 6.62. The lowest BCUT2D eigenvalue weighted by Crippen LogP contribution is -2.23. The summed E-state index contributed by atoms with van der Waals surface area (Å²) in [4.78, 5) is 15.1. The molecule has 0 radical (unpaired) electrons. The second-order valence-corrected chi connectivity index (χ2v) is 4.51. The summed E-state index contributed by atoms with van der Waals surface area (Å²) >= 11 is 0. The molecule has 0 amide bonds. The molecule has 0 aliphatic rings. The van der Waals surface area contributed by atoms with Crippen LogP contribution < -0.4 is 5.73 Å². The minimum absolute atomic E-state index is 0.451. The Morgan fingerprint density at radius 3 is 2.53 bits per heavy atom. The van der Waals surface area contributed by atoms with Gasteiger partial charge in [0.05, 0.1) is 23.8 Å². The van der Waals surface area contributed by atoms with Gasteiger partial charge in [0.2, 0.25) is 0 Å². The molecule has 5 nitrogen and oxygen atoms in total. The predicted octanol–water partition coefficient (Wildman–Crippen LogP) is 1.78. The van der Waals surface area contributed by atoms with E-state index in [9.17, 15) is 0 Å².